The van der Waals surface area contributed by atoms with Crippen molar-refractivity contribution in [3.8, 4) is 0 Å². The van der Waals surface area contributed by atoms with Gasteiger partial charge in [0.15, 0.2) is 0 Å². The van der Waals surface area contributed by atoms with Crippen molar-refractivity contribution in [3.05, 3.63) is 35.5 Å². The Kier molecular flexibility index (Phi) is 4.04. The van der Waals surface area contributed by atoms with Gasteiger partial charge < -0.3 is 14.6 Å². The van der Waals surface area contributed by atoms with E-state index in [0.717, 1.165) is 32.2 Å². The molecule has 26 heavy (non-hydrogen) atoms. The van der Waals surface area contributed by atoms with Crippen molar-refractivity contribution in [1.29, 1.82) is 0 Å². The number of H-pyrrole nitrogens is 1. The number of piperidine rings is 1. The molecule has 3 aliphatic rings. The molecule has 0 unspecified atom stereocenters. The van der Waals surface area contributed by atoms with Crippen LogP contribution in [0.3, 0.4) is 0 Å². The van der Waals surface area contributed by atoms with Crippen LogP contribution in [-0.4, -0.2) is 42.1 Å². The number of hydrogen-bond acceptors (Lipinski definition) is 3. The maximum atomic E-state index is 12.3. The Hall–Kier alpha value is -1.81. The van der Waals surface area contributed by atoms with E-state index in [1.807, 2.05) is 0 Å². The minimum absolute atomic E-state index is 0.0472. The van der Waals surface area contributed by atoms with Gasteiger partial charge in [-0.25, -0.2) is 0 Å². The number of likely N-dealkylation sites (tertiary alicyclic amines) is 1. The Bertz CT molecular complexity index is 821. The smallest absolute Gasteiger partial charge is 0.308 e. The van der Waals surface area contributed by atoms with Crippen LogP contribution in [0.25, 0.3) is 10.9 Å². The fourth-order valence-electron chi connectivity index (χ4n) is 5.65. The molecule has 2 heterocycles. The number of carbonyl (C=O) groups is 1. The molecule has 0 bridgehead atoms. The number of aromatic amines is 1. The number of rotatable bonds is 3. The van der Waals surface area contributed by atoms with E-state index in [0.29, 0.717) is 24.5 Å². The Balaban J connectivity index is 1.33. The lowest BCUT2D eigenvalue weighted by Crippen LogP contribution is -2.48. The second-order valence-corrected chi connectivity index (χ2v) is 8.61. The summed E-state index contributed by atoms with van der Waals surface area (Å²) in [5, 5.41) is 1.44. The Labute approximate surface area is 154 Å². The Morgan fingerprint density at radius 2 is 2.15 bits per heavy atom. The van der Waals surface area contributed by atoms with Crippen molar-refractivity contribution < 1.29 is 9.53 Å². The van der Waals surface area contributed by atoms with Crippen LogP contribution < -0.4 is 0 Å². The summed E-state index contributed by atoms with van der Waals surface area (Å²) >= 11 is 0. The van der Waals surface area contributed by atoms with E-state index in [1.165, 1.54) is 34.9 Å². The molecule has 4 heteroatoms. The molecule has 1 aromatic carbocycles. The molecule has 2 aromatic rings. The van der Waals surface area contributed by atoms with Gasteiger partial charge in [0.2, 0.25) is 0 Å². The lowest BCUT2D eigenvalue weighted by molar-refractivity contribution is -0.150. The van der Waals surface area contributed by atoms with Crippen molar-refractivity contribution in [1.82, 2.24) is 9.88 Å². The molecule has 1 aliphatic heterocycles. The van der Waals surface area contributed by atoms with Crippen LogP contribution in [0.2, 0.25) is 0 Å². The summed E-state index contributed by atoms with van der Waals surface area (Å²) in [7, 11) is 2.24. The van der Waals surface area contributed by atoms with Gasteiger partial charge in [0, 0.05) is 41.5 Å². The van der Waals surface area contributed by atoms with E-state index in [1.54, 1.807) is 0 Å². The first kappa shape index (κ1) is 16.4. The second kappa shape index (κ2) is 6.41. The molecular formula is C22H28N2O2. The topological polar surface area (TPSA) is 45.3 Å². The summed E-state index contributed by atoms with van der Waals surface area (Å²) in [5.74, 6) is 1.18. The summed E-state index contributed by atoms with van der Waals surface area (Å²) in [5.41, 5.74) is 4.19. The van der Waals surface area contributed by atoms with Gasteiger partial charge in [0.25, 0.3) is 0 Å². The molecule has 4 nitrogen and oxygen atoms in total. The Morgan fingerprint density at radius 3 is 3.00 bits per heavy atom. The van der Waals surface area contributed by atoms with Crippen LogP contribution >= 0.6 is 0 Å². The van der Waals surface area contributed by atoms with Crippen LogP contribution in [0.1, 0.15) is 49.1 Å². The number of carbonyl (C=O) groups excluding carboxylic acids is 1. The van der Waals surface area contributed by atoms with Crippen molar-refractivity contribution in [2.45, 2.75) is 50.5 Å². The number of fused-ring (bicyclic) bond motifs is 2. The molecule has 3 atom stereocenters. The minimum atomic E-state index is 0.0472. The summed E-state index contributed by atoms with van der Waals surface area (Å²) in [6.45, 7) is 1.60. The van der Waals surface area contributed by atoms with Gasteiger partial charge >= 0.3 is 5.97 Å². The third kappa shape index (κ3) is 2.66. The van der Waals surface area contributed by atoms with Gasteiger partial charge in [-0.15, -0.1) is 0 Å². The maximum absolute atomic E-state index is 12.3. The van der Waals surface area contributed by atoms with Crippen LogP contribution in [0.5, 0.6) is 0 Å². The molecule has 0 amide bonds. The number of esters is 1. The molecule has 0 radical (unpaired) electrons. The molecule has 5 rings (SSSR count). The number of aromatic nitrogens is 1. The van der Waals surface area contributed by atoms with Gasteiger partial charge in [-0.2, -0.15) is 0 Å². The lowest BCUT2D eigenvalue weighted by Gasteiger charge is -2.45. The zero-order chi connectivity index (χ0) is 17.7. The van der Waals surface area contributed by atoms with E-state index >= 15 is 0 Å². The zero-order valence-corrected chi connectivity index (χ0v) is 15.5. The fraction of sp³-hybridized carbons (Fsp3) is 0.591. The number of nitrogens with one attached hydrogen (secondary N) is 1. The molecule has 1 N–H and O–H groups in total. The summed E-state index contributed by atoms with van der Waals surface area (Å²) in [4.78, 5) is 18.2. The van der Waals surface area contributed by atoms with Crippen molar-refractivity contribution in [3.63, 3.8) is 0 Å². The predicted octanol–water partition coefficient (Wildman–Crippen LogP) is 3.86. The molecule has 1 aromatic heterocycles. The first-order valence-corrected chi connectivity index (χ1v) is 10.2. The van der Waals surface area contributed by atoms with Crippen molar-refractivity contribution in [2.24, 2.45) is 11.8 Å². The third-order valence-corrected chi connectivity index (χ3v) is 6.96. The predicted molar refractivity (Wildman–Crippen MR) is 102 cm³/mol. The molecular weight excluding hydrogens is 324 g/mol. The van der Waals surface area contributed by atoms with E-state index in [-0.39, 0.29) is 11.9 Å². The Morgan fingerprint density at radius 1 is 1.31 bits per heavy atom. The SMILES string of the molecule is CN1C[C@H](COC(=O)C2CCCC2)C[C@@H]2c3cccc4[nH]cc(c34)C[C@H]21. The zero-order valence-electron chi connectivity index (χ0n) is 15.5. The van der Waals surface area contributed by atoms with Crippen LogP contribution in [0.4, 0.5) is 0 Å². The minimum Gasteiger partial charge on any atom is -0.465 e. The lowest BCUT2D eigenvalue weighted by atomic mass is 9.72. The second-order valence-electron chi connectivity index (χ2n) is 8.61. The first-order valence-electron chi connectivity index (χ1n) is 10.2. The largest absolute Gasteiger partial charge is 0.465 e. The number of ether oxygens (including phenoxy) is 1. The van der Waals surface area contributed by atoms with Crippen LogP contribution in [-0.2, 0) is 16.0 Å². The number of benzene rings is 1. The van der Waals surface area contributed by atoms with Gasteiger partial charge in [-0.05, 0) is 49.9 Å². The molecule has 2 fully saturated rings. The molecule has 1 saturated carbocycles. The van der Waals surface area contributed by atoms with Gasteiger partial charge in [-0.1, -0.05) is 25.0 Å². The van der Waals surface area contributed by atoms with Gasteiger partial charge in [0.05, 0.1) is 12.5 Å². The molecule has 1 saturated heterocycles. The number of nitrogens with zero attached hydrogens (tertiary/aromatic N) is 1. The maximum Gasteiger partial charge on any atom is 0.308 e. The van der Waals surface area contributed by atoms with Gasteiger partial charge in [-0.3, -0.25) is 4.79 Å². The standard InChI is InChI=1S/C22H28N2O2/c1-24-12-14(13-26-22(25)15-5-2-3-6-15)9-18-17-7-4-8-19-21(17)16(11-23-19)10-20(18)24/h4,7-8,11,14-15,18,20,23H,2-3,5-6,9-10,12-13H2,1H3/t14-,18-,20-/m1/s1. The monoisotopic (exact) mass is 352 g/mol. The quantitative estimate of drug-likeness (QED) is 0.853. The normalized spacial score (nSPS) is 29.0. The van der Waals surface area contributed by atoms with E-state index in [4.69, 9.17) is 4.74 Å². The van der Waals surface area contributed by atoms with E-state index in [9.17, 15) is 4.79 Å². The highest BCUT2D eigenvalue weighted by Crippen LogP contribution is 2.44. The number of likely N-dealkylation sites (N-methyl/N-ethyl adjacent to an activating group) is 1. The van der Waals surface area contributed by atoms with Crippen molar-refractivity contribution >= 4 is 16.9 Å². The fourth-order valence-corrected chi connectivity index (χ4v) is 5.65. The number of hydrogen-bond donors (Lipinski definition) is 1. The van der Waals surface area contributed by atoms with E-state index < -0.39 is 0 Å². The van der Waals surface area contributed by atoms with Crippen LogP contribution in [0, 0.1) is 11.8 Å². The molecule has 2 aliphatic carbocycles. The van der Waals surface area contributed by atoms with Crippen molar-refractivity contribution in [2.75, 3.05) is 20.2 Å². The average molecular weight is 352 g/mol. The first-order chi connectivity index (χ1) is 12.7. The highest BCUT2D eigenvalue weighted by Gasteiger charge is 2.39. The summed E-state index contributed by atoms with van der Waals surface area (Å²) in [6, 6.07) is 7.21. The molecule has 138 valence electrons. The van der Waals surface area contributed by atoms with Gasteiger partial charge in [0.1, 0.15) is 0 Å². The molecule has 0 spiro atoms. The summed E-state index contributed by atoms with van der Waals surface area (Å²) in [6.07, 6.45) is 8.83. The van der Waals surface area contributed by atoms with Crippen LogP contribution in [0.15, 0.2) is 24.4 Å². The average Bonchev–Trinajstić information content (AvgIpc) is 3.32. The third-order valence-electron chi connectivity index (χ3n) is 6.96. The highest BCUT2D eigenvalue weighted by molar-refractivity contribution is 5.88. The summed E-state index contributed by atoms with van der Waals surface area (Å²) < 4.78 is 5.75. The van der Waals surface area contributed by atoms with E-state index in [2.05, 4.69) is 41.3 Å². The highest BCUT2D eigenvalue weighted by atomic mass is 16.5.